The lowest BCUT2D eigenvalue weighted by Crippen LogP contribution is -2.34. The van der Waals surface area contributed by atoms with E-state index in [0.29, 0.717) is 23.5 Å². The molecule has 1 aliphatic carbocycles. The maximum atomic E-state index is 11.2. The van der Waals surface area contributed by atoms with Gasteiger partial charge in [0, 0.05) is 0 Å². The second-order valence-corrected chi connectivity index (χ2v) is 5.83. The second kappa shape index (κ2) is 5.64. The summed E-state index contributed by atoms with van der Waals surface area (Å²) in [6.45, 7) is 6.79. The SMILES string of the molecule is CC1CC(Oc2ccccc2C(=O)O)CC(C)C1C. The van der Waals surface area contributed by atoms with Crippen molar-refractivity contribution in [3.8, 4) is 5.75 Å². The summed E-state index contributed by atoms with van der Waals surface area (Å²) in [5, 5.41) is 9.16. The fraction of sp³-hybridized carbons (Fsp3) is 0.562. The topological polar surface area (TPSA) is 46.5 Å². The molecule has 0 spiro atoms. The molecule has 0 radical (unpaired) electrons. The number of carboxylic acids is 1. The Labute approximate surface area is 114 Å². The summed E-state index contributed by atoms with van der Waals surface area (Å²) in [4.78, 5) is 11.2. The van der Waals surface area contributed by atoms with Gasteiger partial charge in [-0.05, 0) is 42.7 Å². The van der Waals surface area contributed by atoms with E-state index in [9.17, 15) is 4.79 Å². The first-order chi connectivity index (χ1) is 8.99. The molecular formula is C16H22O3. The highest BCUT2D eigenvalue weighted by Gasteiger charge is 2.31. The smallest absolute Gasteiger partial charge is 0.339 e. The molecule has 2 atom stereocenters. The Balaban J connectivity index is 2.12. The van der Waals surface area contributed by atoms with Crippen molar-refractivity contribution in [1.82, 2.24) is 0 Å². The van der Waals surface area contributed by atoms with Gasteiger partial charge >= 0.3 is 5.97 Å². The highest BCUT2D eigenvalue weighted by molar-refractivity contribution is 5.90. The molecule has 1 aliphatic rings. The lowest BCUT2D eigenvalue weighted by atomic mass is 9.73. The molecule has 0 aromatic heterocycles. The Morgan fingerprint density at radius 2 is 1.74 bits per heavy atom. The van der Waals surface area contributed by atoms with Crippen molar-refractivity contribution in [2.45, 2.75) is 39.7 Å². The fourth-order valence-corrected chi connectivity index (χ4v) is 2.94. The third-order valence-electron chi connectivity index (χ3n) is 4.48. The predicted molar refractivity (Wildman–Crippen MR) is 74.5 cm³/mol. The molecule has 0 bridgehead atoms. The summed E-state index contributed by atoms with van der Waals surface area (Å²) < 4.78 is 5.96. The predicted octanol–water partition coefficient (Wildman–Crippen LogP) is 3.83. The maximum absolute atomic E-state index is 11.2. The molecule has 0 heterocycles. The molecule has 1 fully saturated rings. The molecule has 0 amide bonds. The van der Waals surface area contributed by atoms with Crippen molar-refractivity contribution in [2.75, 3.05) is 0 Å². The van der Waals surface area contributed by atoms with Gasteiger partial charge in [-0.3, -0.25) is 0 Å². The van der Waals surface area contributed by atoms with Gasteiger partial charge in [-0.15, -0.1) is 0 Å². The van der Waals surface area contributed by atoms with Gasteiger partial charge in [-0.1, -0.05) is 32.9 Å². The van der Waals surface area contributed by atoms with E-state index in [-0.39, 0.29) is 11.7 Å². The average Bonchev–Trinajstić information content (AvgIpc) is 2.36. The first-order valence-corrected chi connectivity index (χ1v) is 6.98. The van der Waals surface area contributed by atoms with Gasteiger partial charge in [-0.2, -0.15) is 0 Å². The zero-order chi connectivity index (χ0) is 14.0. The molecule has 1 aromatic carbocycles. The Morgan fingerprint density at radius 1 is 1.16 bits per heavy atom. The van der Waals surface area contributed by atoms with Crippen LogP contribution in [0.5, 0.6) is 5.75 Å². The van der Waals surface area contributed by atoms with Crippen LogP contribution >= 0.6 is 0 Å². The number of carboxylic acid groups (broad SMARTS) is 1. The van der Waals surface area contributed by atoms with E-state index in [1.165, 1.54) is 0 Å². The highest BCUT2D eigenvalue weighted by atomic mass is 16.5. The summed E-state index contributed by atoms with van der Waals surface area (Å²) in [6.07, 6.45) is 2.13. The van der Waals surface area contributed by atoms with E-state index >= 15 is 0 Å². The number of carbonyl (C=O) groups is 1. The summed E-state index contributed by atoms with van der Waals surface area (Å²) in [7, 11) is 0. The third-order valence-corrected chi connectivity index (χ3v) is 4.48. The van der Waals surface area contributed by atoms with Gasteiger partial charge in [0.15, 0.2) is 0 Å². The van der Waals surface area contributed by atoms with Crippen LogP contribution in [-0.2, 0) is 0 Å². The molecule has 3 nitrogen and oxygen atoms in total. The van der Waals surface area contributed by atoms with E-state index < -0.39 is 5.97 Å². The van der Waals surface area contributed by atoms with Crippen molar-refractivity contribution in [3.05, 3.63) is 29.8 Å². The Morgan fingerprint density at radius 3 is 2.32 bits per heavy atom. The molecule has 1 aromatic rings. The summed E-state index contributed by atoms with van der Waals surface area (Å²) >= 11 is 0. The first kappa shape index (κ1) is 13.9. The Hall–Kier alpha value is -1.51. The third kappa shape index (κ3) is 3.09. The second-order valence-electron chi connectivity index (χ2n) is 5.83. The lowest BCUT2D eigenvalue weighted by Gasteiger charge is -2.37. The van der Waals surface area contributed by atoms with Crippen molar-refractivity contribution in [1.29, 1.82) is 0 Å². The molecule has 0 saturated heterocycles. The Kier molecular flexibility index (Phi) is 4.13. The van der Waals surface area contributed by atoms with Crippen LogP contribution in [0.4, 0.5) is 0 Å². The van der Waals surface area contributed by atoms with E-state index in [0.717, 1.165) is 12.8 Å². The number of para-hydroxylation sites is 1. The van der Waals surface area contributed by atoms with Crippen LogP contribution in [0.15, 0.2) is 24.3 Å². The molecule has 2 rings (SSSR count). The van der Waals surface area contributed by atoms with Crippen molar-refractivity contribution >= 4 is 5.97 Å². The largest absolute Gasteiger partial charge is 0.490 e. The zero-order valence-corrected chi connectivity index (χ0v) is 11.8. The van der Waals surface area contributed by atoms with Gasteiger partial charge in [0.2, 0.25) is 0 Å². The minimum atomic E-state index is -0.930. The highest BCUT2D eigenvalue weighted by Crippen LogP contribution is 2.36. The van der Waals surface area contributed by atoms with E-state index in [4.69, 9.17) is 9.84 Å². The van der Waals surface area contributed by atoms with Crippen molar-refractivity contribution < 1.29 is 14.6 Å². The van der Waals surface area contributed by atoms with E-state index in [1.807, 2.05) is 6.07 Å². The molecule has 104 valence electrons. The van der Waals surface area contributed by atoms with Gasteiger partial charge in [0.25, 0.3) is 0 Å². The van der Waals surface area contributed by atoms with Gasteiger partial charge in [0.05, 0.1) is 6.10 Å². The Bertz CT molecular complexity index is 443. The van der Waals surface area contributed by atoms with Crippen LogP contribution in [0.25, 0.3) is 0 Å². The quantitative estimate of drug-likeness (QED) is 0.900. The standard InChI is InChI=1S/C16H22O3/c1-10-8-13(9-11(2)12(10)3)19-15-7-5-4-6-14(15)16(17)18/h4-7,10-13H,8-9H2,1-3H3,(H,17,18). The van der Waals surface area contributed by atoms with E-state index in [1.54, 1.807) is 18.2 Å². The summed E-state index contributed by atoms with van der Waals surface area (Å²) in [6, 6.07) is 6.89. The first-order valence-electron chi connectivity index (χ1n) is 6.98. The molecule has 2 unspecified atom stereocenters. The average molecular weight is 262 g/mol. The lowest BCUT2D eigenvalue weighted by molar-refractivity contribution is 0.0587. The summed E-state index contributed by atoms with van der Waals surface area (Å²) in [5.74, 6) is 1.50. The molecule has 19 heavy (non-hydrogen) atoms. The molecule has 1 saturated carbocycles. The fourth-order valence-electron chi connectivity index (χ4n) is 2.94. The molecule has 3 heteroatoms. The number of hydrogen-bond acceptors (Lipinski definition) is 2. The van der Waals surface area contributed by atoms with Gasteiger partial charge < -0.3 is 9.84 Å². The van der Waals surface area contributed by atoms with E-state index in [2.05, 4.69) is 20.8 Å². The minimum absolute atomic E-state index is 0.127. The maximum Gasteiger partial charge on any atom is 0.339 e. The molecular weight excluding hydrogens is 240 g/mol. The number of aromatic carboxylic acids is 1. The van der Waals surface area contributed by atoms with Crippen LogP contribution in [0, 0.1) is 17.8 Å². The number of benzene rings is 1. The molecule has 1 N–H and O–H groups in total. The number of rotatable bonds is 3. The van der Waals surface area contributed by atoms with Crippen LogP contribution in [0.3, 0.4) is 0 Å². The van der Waals surface area contributed by atoms with Crippen LogP contribution < -0.4 is 4.74 Å². The van der Waals surface area contributed by atoms with Crippen molar-refractivity contribution in [2.24, 2.45) is 17.8 Å². The van der Waals surface area contributed by atoms with Gasteiger partial charge in [-0.25, -0.2) is 4.79 Å². The minimum Gasteiger partial charge on any atom is -0.490 e. The van der Waals surface area contributed by atoms with Crippen LogP contribution in [0.2, 0.25) is 0 Å². The normalized spacial score (nSPS) is 30.9. The van der Waals surface area contributed by atoms with Crippen LogP contribution in [-0.4, -0.2) is 17.2 Å². The number of ether oxygens (including phenoxy) is 1. The molecule has 0 aliphatic heterocycles. The van der Waals surface area contributed by atoms with Crippen LogP contribution in [0.1, 0.15) is 44.0 Å². The number of hydrogen-bond donors (Lipinski definition) is 1. The zero-order valence-electron chi connectivity index (χ0n) is 11.8. The van der Waals surface area contributed by atoms with Gasteiger partial charge in [0.1, 0.15) is 11.3 Å². The van der Waals surface area contributed by atoms with Crippen molar-refractivity contribution in [3.63, 3.8) is 0 Å². The summed E-state index contributed by atoms with van der Waals surface area (Å²) in [5.41, 5.74) is 0.251. The monoisotopic (exact) mass is 262 g/mol.